The molecule has 0 aliphatic heterocycles. The van der Waals surface area contributed by atoms with E-state index in [4.69, 9.17) is 0 Å². The fraction of sp³-hybridized carbons (Fsp3) is 0.167. The van der Waals surface area contributed by atoms with E-state index in [9.17, 15) is 4.79 Å². The number of fused-ring (bicyclic) bond motifs is 1. The highest BCUT2D eigenvalue weighted by Crippen LogP contribution is 2.16. The normalized spacial score (nSPS) is 11.7. The van der Waals surface area contributed by atoms with Crippen molar-refractivity contribution < 1.29 is 4.79 Å². The molecule has 0 spiro atoms. The highest BCUT2D eigenvalue weighted by Gasteiger charge is 2.05. The lowest BCUT2D eigenvalue weighted by molar-refractivity contribution is -0.121. The second kappa shape index (κ2) is 6.44. The van der Waals surface area contributed by atoms with Gasteiger partial charge in [-0.05, 0) is 42.3 Å². The van der Waals surface area contributed by atoms with Gasteiger partial charge in [-0.25, -0.2) is 5.43 Å². The van der Waals surface area contributed by atoms with Gasteiger partial charge in [0.15, 0.2) is 0 Å². The van der Waals surface area contributed by atoms with E-state index in [1.54, 1.807) is 10.9 Å². The second-order valence-electron chi connectivity index (χ2n) is 5.42. The van der Waals surface area contributed by atoms with Crippen LogP contribution in [0.2, 0.25) is 0 Å². The molecule has 0 fully saturated rings. The lowest BCUT2D eigenvalue weighted by atomic mass is 10.0. The third kappa shape index (κ3) is 3.45. The zero-order chi connectivity index (χ0) is 16.2. The van der Waals surface area contributed by atoms with Crippen molar-refractivity contribution in [1.29, 1.82) is 0 Å². The average Bonchev–Trinajstić information content (AvgIpc) is 2.97. The molecule has 3 rings (SSSR count). The quantitative estimate of drug-likeness (QED) is 0.595. The number of aryl methyl sites for hydroxylation is 1. The van der Waals surface area contributed by atoms with Gasteiger partial charge in [-0.1, -0.05) is 36.4 Å². The number of aromatic nitrogens is 2. The van der Waals surface area contributed by atoms with Crippen molar-refractivity contribution >= 4 is 22.4 Å². The van der Waals surface area contributed by atoms with Crippen LogP contribution in [0.15, 0.2) is 59.8 Å². The van der Waals surface area contributed by atoms with Crippen molar-refractivity contribution in [3.63, 3.8) is 0 Å². The highest BCUT2D eigenvalue weighted by atomic mass is 16.2. The largest absolute Gasteiger partial charge is 0.271 e. The van der Waals surface area contributed by atoms with Crippen LogP contribution in [0.4, 0.5) is 0 Å². The zero-order valence-corrected chi connectivity index (χ0v) is 13.2. The molecule has 1 N–H and O–H groups in total. The molecule has 0 aliphatic rings. The molecule has 5 heteroatoms. The Bertz CT molecular complexity index is 879. The summed E-state index contributed by atoms with van der Waals surface area (Å²) in [5.74, 6) is -0.197. The standard InChI is InChI=1S/C18H18N4O/c1-13-9-10-19-22(13)12-18(23)21-20-14(2)16-8-7-15-5-3-4-6-17(15)11-16/h3-11H,12H2,1-2H3,(H,21,23)/b20-14-. The second-order valence-corrected chi connectivity index (χ2v) is 5.42. The molecule has 0 saturated carbocycles. The first-order valence-electron chi connectivity index (χ1n) is 7.44. The molecule has 2 aromatic carbocycles. The zero-order valence-electron chi connectivity index (χ0n) is 13.2. The maximum atomic E-state index is 11.9. The van der Waals surface area contributed by atoms with Gasteiger partial charge in [0.25, 0.3) is 5.91 Å². The van der Waals surface area contributed by atoms with Gasteiger partial charge >= 0.3 is 0 Å². The van der Waals surface area contributed by atoms with Crippen LogP contribution in [0.25, 0.3) is 10.8 Å². The first-order valence-corrected chi connectivity index (χ1v) is 7.44. The Labute approximate surface area is 134 Å². The van der Waals surface area contributed by atoms with Crippen molar-refractivity contribution in [1.82, 2.24) is 15.2 Å². The fourth-order valence-corrected chi connectivity index (χ4v) is 2.36. The van der Waals surface area contributed by atoms with E-state index in [0.717, 1.165) is 22.4 Å². The van der Waals surface area contributed by atoms with Crippen molar-refractivity contribution in [3.8, 4) is 0 Å². The monoisotopic (exact) mass is 306 g/mol. The molecule has 1 aromatic heterocycles. The summed E-state index contributed by atoms with van der Waals surface area (Å²) >= 11 is 0. The Balaban J connectivity index is 1.71. The molecular weight excluding hydrogens is 288 g/mol. The van der Waals surface area contributed by atoms with Crippen molar-refractivity contribution in [3.05, 3.63) is 66.0 Å². The van der Waals surface area contributed by atoms with Crippen LogP contribution in [-0.2, 0) is 11.3 Å². The molecule has 0 bridgehead atoms. The maximum absolute atomic E-state index is 11.9. The van der Waals surface area contributed by atoms with Crippen LogP contribution in [0, 0.1) is 6.92 Å². The molecule has 0 aliphatic carbocycles. The van der Waals surface area contributed by atoms with Crippen LogP contribution in [-0.4, -0.2) is 21.4 Å². The average molecular weight is 306 g/mol. The number of amides is 1. The summed E-state index contributed by atoms with van der Waals surface area (Å²) in [6.45, 7) is 3.95. The van der Waals surface area contributed by atoms with Gasteiger partial charge in [-0.3, -0.25) is 9.48 Å². The summed E-state index contributed by atoms with van der Waals surface area (Å²) in [7, 11) is 0. The Morgan fingerprint density at radius 1 is 1.17 bits per heavy atom. The van der Waals surface area contributed by atoms with Gasteiger partial charge in [-0.2, -0.15) is 10.2 Å². The van der Waals surface area contributed by atoms with Gasteiger partial charge in [0.1, 0.15) is 6.54 Å². The molecule has 0 radical (unpaired) electrons. The fourth-order valence-electron chi connectivity index (χ4n) is 2.36. The van der Waals surface area contributed by atoms with Gasteiger partial charge < -0.3 is 0 Å². The van der Waals surface area contributed by atoms with Gasteiger partial charge in [-0.15, -0.1) is 0 Å². The number of carbonyl (C=O) groups is 1. The van der Waals surface area contributed by atoms with Crippen LogP contribution in [0.3, 0.4) is 0 Å². The van der Waals surface area contributed by atoms with Crippen LogP contribution < -0.4 is 5.43 Å². The third-order valence-electron chi connectivity index (χ3n) is 3.74. The highest BCUT2D eigenvalue weighted by molar-refractivity contribution is 6.02. The third-order valence-corrected chi connectivity index (χ3v) is 3.74. The van der Waals surface area contributed by atoms with Gasteiger partial charge in [0, 0.05) is 11.9 Å². The summed E-state index contributed by atoms with van der Waals surface area (Å²) in [4.78, 5) is 11.9. The first-order chi connectivity index (χ1) is 11.1. The number of benzene rings is 2. The summed E-state index contributed by atoms with van der Waals surface area (Å²) in [5, 5.41) is 10.6. The molecule has 0 saturated heterocycles. The molecule has 23 heavy (non-hydrogen) atoms. The predicted molar refractivity (Wildman–Crippen MR) is 91.3 cm³/mol. The molecular formula is C18H18N4O. The van der Waals surface area contributed by atoms with Crippen LogP contribution in [0.1, 0.15) is 18.2 Å². The smallest absolute Gasteiger partial charge is 0.261 e. The van der Waals surface area contributed by atoms with Gasteiger partial charge in [0.2, 0.25) is 0 Å². The Hall–Kier alpha value is -2.95. The van der Waals surface area contributed by atoms with E-state index in [2.05, 4.69) is 39.9 Å². The van der Waals surface area contributed by atoms with Crippen molar-refractivity contribution in [2.24, 2.45) is 5.10 Å². The number of nitrogens with zero attached hydrogens (tertiary/aromatic N) is 3. The summed E-state index contributed by atoms with van der Waals surface area (Å²) in [6.07, 6.45) is 1.67. The van der Waals surface area contributed by atoms with E-state index < -0.39 is 0 Å². The lowest BCUT2D eigenvalue weighted by Gasteiger charge is -2.06. The number of hydrazone groups is 1. The minimum Gasteiger partial charge on any atom is -0.271 e. The summed E-state index contributed by atoms with van der Waals surface area (Å²) in [6, 6.07) is 16.1. The van der Waals surface area contributed by atoms with Crippen molar-refractivity contribution in [2.75, 3.05) is 0 Å². The van der Waals surface area contributed by atoms with E-state index >= 15 is 0 Å². The van der Waals surface area contributed by atoms with Gasteiger partial charge in [0.05, 0.1) is 5.71 Å². The molecule has 5 nitrogen and oxygen atoms in total. The topological polar surface area (TPSA) is 59.3 Å². The van der Waals surface area contributed by atoms with E-state index in [1.165, 1.54) is 5.39 Å². The van der Waals surface area contributed by atoms with E-state index in [-0.39, 0.29) is 12.5 Å². The Morgan fingerprint density at radius 3 is 2.70 bits per heavy atom. The predicted octanol–water partition coefficient (Wildman–Crippen LogP) is 2.89. The van der Waals surface area contributed by atoms with E-state index in [0.29, 0.717) is 0 Å². The summed E-state index contributed by atoms with van der Waals surface area (Å²) < 4.78 is 1.64. The number of rotatable bonds is 4. The number of hydrogen-bond donors (Lipinski definition) is 1. The molecule has 116 valence electrons. The maximum Gasteiger partial charge on any atom is 0.261 e. The number of carbonyl (C=O) groups excluding carboxylic acids is 1. The molecule has 3 aromatic rings. The molecule has 1 amide bonds. The lowest BCUT2D eigenvalue weighted by Crippen LogP contribution is -2.25. The summed E-state index contributed by atoms with van der Waals surface area (Å²) in [5.41, 5.74) is 5.27. The molecule has 0 unspecified atom stereocenters. The Kier molecular flexibility index (Phi) is 4.19. The molecule has 1 heterocycles. The first kappa shape index (κ1) is 15.0. The SMILES string of the molecule is C/C(=N/NC(=O)Cn1nccc1C)c1ccc2ccccc2c1. The van der Waals surface area contributed by atoms with E-state index in [1.807, 2.05) is 38.1 Å². The van der Waals surface area contributed by atoms with Crippen LogP contribution >= 0.6 is 0 Å². The van der Waals surface area contributed by atoms with Crippen molar-refractivity contribution in [2.45, 2.75) is 20.4 Å². The molecule has 0 atom stereocenters. The number of nitrogens with one attached hydrogen (secondary N) is 1. The van der Waals surface area contributed by atoms with Crippen LogP contribution in [0.5, 0.6) is 0 Å². The minimum absolute atomic E-state index is 0.160. The number of hydrogen-bond acceptors (Lipinski definition) is 3. The Morgan fingerprint density at radius 2 is 1.96 bits per heavy atom. The minimum atomic E-state index is -0.197.